The summed E-state index contributed by atoms with van der Waals surface area (Å²) in [5.74, 6) is 0.613. The van der Waals surface area contributed by atoms with E-state index >= 15 is 0 Å². The van der Waals surface area contributed by atoms with Crippen molar-refractivity contribution in [3.63, 3.8) is 0 Å². The molecule has 1 aromatic rings. The Balaban J connectivity index is 2.21. The fourth-order valence-electron chi connectivity index (χ4n) is 1.78. The monoisotopic (exact) mass is 174 g/mol. The van der Waals surface area contributed by atoms with Gasteiger partial charge < -0.3 is 0 Å². The van der Waals surface area contributed by atoms with Crippen LogP contribution in [0.4, 0.5) is 0 Å². The van der Waals surface area contributed by atoms with Crippen molar-refractivity contribution >= 4 is 0 Å². The molecule has 1 aliphatic heterocycles. The van der Waals surface area contributed by atoms with Gasteiger partial charge in [-0.3, -0.25) is 0 Å². The molecule has 0 bridgehead atoms. The van der Waals surface area contributed by atoms with Crippen molar-refractivity contribution < 1.29 is 0 Å². The van der Waals surface area contributed by atoms with Crippen LogP contribution in [-0.2, 0) is 0 Å². The summed E-state index contributed by atoms with van der Waals surface area (Å²) in [6, 6.07) is 10.8. The summed E-state index contributed by atoms with van der Waals surface area (Å²) in [6.45, 7) is 3.10. The fraction of sp³-hybridized carbons (Fsp3) is 0.455. The Hall–Kier alpha value is -1.18. The van der Waals surface area contributed by atoms with Crippen LogP contribution in [0.2, 0.25) is 0 Å². The van der Waals surface area contributed by atoms with Crippen molar-refractivity contribution in [1.29, 1.82) is 0 Å². The third-order valence-electron chi connectivity index (χ3n) is 2.63. The Morgan fingerprint density at radius 1 is 1.31 bits per heavy atom. The number of hydrogen-bond acceptors (Lipinski definition) is 2. The predicted molar refractivity (Wildman–Crippen MR) is 52.7 cm³/mol. The maximum absolute atomic E-state index is 4.28. The molecular formula is C11H14N2. The minimum Gasteiger partial charge on any atom is -0.193 e. The summed E-state index contributed by atoms with van der Waals surface area (Å²) in [4.78, 5) is 0. The van der Waals surface area contributed by atoms with E-state index in [9.17, 15) is 0 Å². The van der Waals surface area contributed by atoms with Gasteiger partial charge in [-0.1, -0.05) is 37.3 Å². The Bertz CT molecular complexity index is 292. The smallest absolute Gasteiger partial charge is 0.100 e. The van der Waals surface area contributed by atoms with Crippen LogP contribution < -0.4 is 0 Å². The largest absolute Gasteiger partial charge is 0.193 e. The van der Waals surface area contributed by atoms with Crippen LogP contribution in [0.5, 0.6) is 0 Å². The second-order valence-electron chi connectivity index (χ2n) is 3.46. The molecule has 0 fully saturated rings. The molecule has 1 aromatic carbocycles. The van der Waals surface area contributed by atoms with E-state index < -0.39 is 0 Å². The molecule has 0 N–H and O–H groups in total. The van der Waals surface area contributed by atoms with E-state index in [2.05, 4.69) is 41.4 Å². The first kappa shape index (κ1) is 8.42. The van der Waals surface area contributed by atoms with Gasteiger partial charge in [0.15, 0.2) is 0 Å². The third-order valence-corrected chi connectivity index (χ3v) is 2.63. The lowest BCUT2D eigenvalue weighted by molar-refractivity contribution is 0.482. The van der Waals surface area contributed by atoms with E-state index in [0.717, 1.165) is 13.0 Å². The number of rotatable bonds is 2. The van der Waals surface area contributed by atoms with Crippen LogP contribution in [0.1, 0.15) is 24.9 Å². The molecule has 0 radical (unpaired) electrons. The van der Waals surface area contributed by atoms with E-state index in [4.69, 9.17) is 0 Å². The quantitative estimate of drug-likeness (QED) is 0.657. The van der Waals surface area contributed by atoms with Gasteiger partial charge in [0.05, 0.1) is 6.54 Å². The van der Waals surface area contributed by atoms with Crippen LogP contribution in [0, 0.1) is 5.92 Å². The van der Waals surface area contributed by atoms with Gasteiger partial charge in [-0.2, -0.15) is 10.2 Å². The zero-order valence-corrected chi connectivity index (χ0v) is 7.85. The van der Waals surface area contributed by atoms with E-state index in [1.165, 1.54) is 5.56 Å². The highest BCUT2D eigenvalue weighted by Crippen LogP contribution is 2.33. The summed E-state index contributed by atoms with van der Waals surface area (Å²) >= 11 is 0. The Morgan fingerprint density at radius 3 is 2.77 bits per heavy atom. The first-order valence-corrected chi connectivity index (χ1v) is 4.83. The van der Waals surface area contributed by atoms with Gasteiger partial charge in [0.2, 0.25) is 0 Å². The average Bonchev–Trinajstić information content (AvgIpc) is 2.67. The molecule has 0 aliphatic carbocycles. The molecule has 2 atom stereocenters. The maximum atomic E-state index is 4.28. The van der Waals surface area contributed by atoms with Crippen molar-refractivity contribution in [2.45, 2.75) is 19.4 Å². The van der Waals surface area contributed by atoms with Crippen LogP contribution in [0.15, 0.2) is 40.6 Å². The number of benzene rings is 1. The van der Waals surface area contributed by atoms with Gasteiger partial charge in [-0.05, 0) is 12.0 Å². The lowest BCUT2D eigenvalue weighted by Gasteiger charge is -2.13. The van der Waals surface area contributed by atoms with Crippen LogP contribution in [-0.4, -0.2) is 6.54 Å². The lowest BCUT2D eigenvalue weighted by atomic mass is 9.93. The van der Waals surface area contributed by atoms with Crippen molar-refractivity contribution in [3.8, 4) is 0 Å². The van der Waals surface area contributed by atoms with Gasteiger partial charge in [0.1, 0.15) is 6.04 Å². The molecule has 0 saturated carbocycles. The zero-order chi connectivity index (χ0) is 9.10. The molecule has 0 amide bonds. The first-order chi connectivity index (χ1) is 6.42. The van der Waals surface area contributed by atoms with Gasteiger partial charge in [0.25, 0.3) is 0 Å². The maximum Gasteiger partial charge on any atom is 0.100 e. The molecule has 68 valence electrons. The van der Waals surface area contributed by atoms with Crippen molar-refractivity contribution in [1.82, 2.24) is 0 Å². The second-order valence-corrected chi connectivity index (χ2v) is 3.46. The van der Waals surface area contributed by atoms with Gasteiger partial charge >= 0.3 is 0 Å². The van der Waals surface area contributed by atoms with E-state index in [1.54, 1.807) is 0 Å². The molecular weight excluding hydrogens is 160 g/mol. The number of hydrogen-bond donors (Lipinski definition) is 0. The minimum absolute atomic E-state index is 0.311. The molecule has 0 saturated heterocycles. The predicted octanol–water partition coefficient (Wildman–Crippen LogP) is 3.22. The first-order valence-electron chi connectivity index (χ1n) is 4.83. The molecule has 0 aromatic heterocycles. The van der Waals surface area contributed by atoms with Crippen molar-refractivity contribution in [3.05, 3.63) is 35.9 Å². The van der Waals surface area contributed by atoms with Gasteiger partial charge in [0, 0.05) is 5.92 Å². The summed E-state index contributed by atoms with van der Waals surface area (Å²) in [6.07, 6.45) is 1.16. The van der Waals surface area contributed by atoms with E-state index in [1.807, 2.05) is 6.07 Å². The van der Waals surface area contributed by atoms with Gasteiger partial charge in [-0.15, -0.1) is 0 Å². The molecule has 0 spiro atoms. The molecule has 2 nitrogen and oxygen atoms in total. The molecule has 1 aliphatic rings. The van der Waals surface area contributed by atoms with Crippen molar-refractivity contribution in [2.24, 2.45) is 16.1 Å². The lowest BCUT2D eigenvalue weighted by Crippen LogP contribution is -2.07. The molecule has 2 unspecified atom stereocenters. The Labute approximate surface area is 78.7 Å². The summed E-state index contributed by atoms with van der Waals surface area (Å²) < 4.78 is 0. The van der Waals surface area contributed by atoms with Crippen LogP contribution in [0.3, 0.4) is 0 Å². The van der Waals surface area contributed by atoms with E-state index in [-0.39, 0.29) is 0 Å². The highest BCUT2D eigenvalue weighted by molar-refractivity contribution is 5.20. The average molecular weight is 174 g/mol. The van der Waals surface area contributed by atoms with Crippen LogP contribution in [0.25, 0.3) is 0 Å². The minimum atomic E-state index is 0.311. The number of azo groups is 1. The summed E-state index contributed by atoms with van der Waals surface area (Å²) in [5, 5.41) is 8.40. The highest BCUT2D eigenvalue weighted by Gasteiger charge is 2.25. The highest BCUT2D eigenvalue weighted by atomic mass is 15.2. The zero-order valence-electron chi connectivity index (χ0n) is 7.85. The molecule has 2 rings (SSSR count). The van der Waals surface area contributed by atoms with Gasteiger partial charge in [-0.25, -0.2) is 0 Å². The molecule has 13 heavy (non-hydrogen) atoms. The fourth-order valence-corrected chi connectivity index (χ4v) is 1.78. The van der Waals surface area contributed by atoms with Crippen molar-refractivity contribution in [2.75, 3.05) is 6.54 Å². The summed E-state index contributed by atoms with van der Waals surface area (Å²) in [5.41, 5.74) is 1.30. The normalized spacial score (nSPS) is 26.5. The standard InChI is InChI=1S/C11H14N2/c1-2-9-8-12-13-11(9)10-6-4-3-5-7-10/h3-7,9,11H,2,8H2,1H3. The Kier molecular flexibility index (Phi) is 2.39. The molecule has 1 heterocycles. The SMILES string of the molecule is CCC1CN=NC1c1ccccc1. The number of nitrogens with zero attached hydrogens (tertiary/aromatic N) is 2. The second kappa shape index (κ2) is 3.69. The molecule has 2 heteroatoms. The summed E-state index contributed by atoms with van der Waals surface area (Å²) in [7, 11) is 0. The topological polar surface area (TPSA) is 24.7 Å². The van der Waals surface area contributed by atoms with Crippen LogP contribution >= 0.6 is 0 Å². The van der Waals surface area contributed by atoms with E-state index in [0.29, 0.717) is 12.0 Å². The third kappa shape index (κ3) is 1.62. The Morgan fingerprint density at radius 2 is 2.08 bits per heavy atom.